The molecule has 2 amide bonds. The van der Waals surface area contributed by atoms with Gasteiger partial charge in [0.25, 0.3) is 11.8 Å². The molecule has 0 N–H and O–H groups in total. The predicted molar refractivity (Wildman–Crippen MR) is 140 cm³/mol. The fraction of sp³-hybridized carbons (Fsp3) is 0.310. The van der Waals surface area contributed by atoms with Crippen LogP contribution in [0.25, 0.3) is 0 Å². The zero-order valence-electron chi connectivity index (χ0n) is 20.4. The fourth-order valence-electron chi connectivity index (χ4n) is 4.91. The van der Waals surface area contributed by atoms with E-state index in [1.165, 1.54) is 4.90 Å². The molecule has 5 atom stereocenters. The Morgan fingerprint density at radius 1 is 0.784 bits per heavy atom. The molecular weight excluding hydrogens is 490 g/mol. The summed E-state index contributed by atoms with van der Waals surface area (Å²) in [5.41, 5.74) is 1.90. The van der Waals surface area contributed by atoms with Gasteiger partial charge in [-0.05, 0) is 23.3 Å². The monoisotopic (exact) mass is 519 g/mol. The van der Waals surface area contributed by atoms with Gasteiger partial charge < -0.3 is 18.9 Å². The Bertz CT molecular complexity index is 1190. The Kier molecular flexibility index (Phi) is 8.02. The van der Waals surface area contributed by atoms with Gasteiger partial charge >= 0.3 is 0 Å². The zero-order valence-corrected chi connectivity index (χ0v) is 21.3. The van der Waals surface area contributed by atoms with Gasteiger partial charge in [-0.3, -0.25) is 14.5 Å². The van der Waals surface area contributed by atoms with Crippen molar-refractivity contribution in [1.82, 2.24) is 4.90 Å². The molecule has 0 saturated carbocycles. The maximum atomic E-state index is 13.4. The lowest BCUT2D eigenvalue weighted by molar-refractivity contribution is -0.213. The van der Waals surface area contributed by atoms with Gasteiger partial charge in [0.05, 0.1) is 30.9 Å². The van der Waals surface area contributed by atoms with Crippen LogP contribution in [0, 0.1) is 0 Å². The largest absolute Gasteiger partial charge is 0.376 e. The van der Waals surface area contributed by atoms with Crippen LogP contribution in [0.5, 0.6) is 0 Å². The number of thiol groups is 1. The van der Waals surface area contributed by atoms with Crippen LogP contribution in [-0.2, 0) is 32.2 Å². The summed E-state index contributed by atoms with van der Waals surface area (Å²) in [6.45, 7) is 0.902. The number of nitrogens with zero attached hydrogens (tertiary/aromatic N) is 1. The number of imide groups is 1. The molecule has 0 bridgehead atoms. The maximum absolute atomic E-state index is 13.4. The highest BCUT2D eigenvalue weighted by atomic mass is 32.1. The average Bonchev–Trinajstić information content (AvgIpc) is 3.18. The van der Waals surface area contributed by atoms with Crippen molar-refractivity contribution >= 4 is 24.4 Å². The second-order valence-corrected chi connectivity index (χ2v) is 9.55. The highest BCUT2D eigenvalue weighted by Gasteiger charge is 2.53. The van der Waals surface area contributed by atoms with Crippen molar-refractivity contribution in [3.8, 4) is 0 Å². The summed E-state index contributed by atoms with van der Waals surface area (Å²) in [4.78, 5) is 28.0. The molecule has 0 spiro atoms. The molecule has 5 rings (SSSR count). The molecule has 0 radical (unpaired) electrons. The summed E-state index contributed by atoms with van der Waals surface area (Å²) in [7, 11) is 1.56. The average molecular weight is 520 g/mol. The topological polar surface area (TPSA) is 74.3 Å². The molecule has 192 valence electrons. The predicted octanol–water partition coefficient (Wildman–Crippen LogP) is 4.12. The summed E-state index contributed by atoms with van der Waals surface area (Å²) < 4.78 is 24.5. The minimum Gasteiger partial charge on any atom is -0.376 e. The lowest BCUT2D eigenvalue weighted by atomic mass is 9.96. The van der Waals surface area contributed by atoms with Gasteiger partial charge in [-0.25, -0.2) is 0 Å². The van der Waals surface area contributed by atoms with E-state index < -0.39 is 41.6 Å². The highest BCUT2D eigenvalue weighted by molar-refractivity contribution is 7.80. The van der Waals surface area contributed by atoms with Crippen LogP contribution < -0.4 is 0 Å². The lowest BCUT2D eigenvalue weighted by Crippen LogP contribution is -2.65. The quantitative estimate of drug-likeness (QED) is 0.339. The highest BCUT2D eigenvalue weighted by Crippen LogP contribution is 2.36. The number of carbonyl (C=O) groups excluding carboxylic acids is 2. The molecule has 1 fully saturated rings. The molecular formula is C29H29NO6S. The Labute approximate surface area is 221 Å². The number of fused-ring (bicyclic) bond motifs is 1. The molecule has 1 saturated heterocycles. The second kappa shape index (κ2) is 11.6. The van der Waals surface area contributed by atoms with E-state index in [4.69, 9.17) is 31.6 Å². The summed E-state index contributed by atoms with van der Waals surface area (Å²) in [6.07, 6.45) is -1.84. The van der Waals surface area contributed by atoms with E-state index in [2.05, 4.69) is 0 Å². The molecule has 2 aliphatic heterocycles. The summed E-state index contributed by atoms with van der Waals surface area (Å²) >= 11 is 4.70. The number of ether oxygens (including phenoxy) is 4. The fourth-order valence-corrected chi connectivity index (χ4v) is 5.36. The van der Waals surface area contributed by atoms with E-state index in [1.807, 2.05) is 60.7 Å². The third-order valence-corrected chi connectivity index (χ3v) is 7.14. The normalized spacial score (nSPS) is 25.4. The lowest BCUT2D eigenvalue weighted by Gasteiger charge is -2.47. The Balaban J connectivity index is 1.40. The smallest absolute Gasteiger partial charge is 0.262 e. The molecule has 8 heteroatoms. The van der Waals surface area contributed by atoms with E-state index in [-0.39, 0.29) is 13.2 Å². The van der Waals surface area contributed by atoms with Crippen LogP contribution in [0.15, 0.2) is 84.9 Å². The number of hydrogen-bond donors (Lipinski definition) is 1. The minimum absolute atomic E-state index is 0.227. The number of hydrogen-bond acceptors (Lipinski definition) is 7. The first-order valence-electron chi connectivity index (χ1n) is 12.2. The maximum Gasteiger partial charge on any atom is 0.262 e. The Hall–Kier alpha value is -3.01. The van der Waals surface area contributed by atoms with Crippen LogP contribution in [0.3, 0.4) is 0 Å². The van der Waals surface area contributed by atoms with E-state index in [0.29, 0.717) is 17.7 Å². The van der Waals surface area contributed by atoms with Crippen LogP contribution in [0.1, 0.15) is 31.8 Å². The molecule has 3 aromatic carbocycles. The van der Waals surface area contributed by atoms with Crippen molar-refractivity contribution < 1.29 is 28.5 Å². The van der Waals surface area contributed by atoms with Crippen LogP contribution in [-0.4, -0.2) is 60.2 Å². The van der Waals surface area contributed by atoms with E-state index in [1.54, 1.807) is 31.4 Å². The SMILES string of the molecule is CO[C@H]1[C@H](OCc2ccccc2)[C@H](N2C(=O)c3ccccc3C2=O)[C@H](S)O[C@@H]1COCc1ccccc1. The zero-order chi connectivity index (χ0) is 25.8. The minimum atomic E-state index is -0.810. The summed E-state index contributed by atoms with van der Waals surface area (Å²) in [5, 5.41) is 0. The van der Waals surface area contributed by atoms with Crippen molar-refractivity contribution in [3.05, 3.63) is 107 Å². The van der Waals surface area contributed by atoms with Gasteiger partial charge in [0.1, 0.15) is 29.8 Å². The Morgan fingerprint density at radius 3 is 1.89 bits per heavy atom. The van der Waals surface area contributed by atoms with Crippen molar-refractivity contribution in [2.75, 3.05) is 13.7 Å². The standard InChI is InChI=1S/C29H29NO6S/c1-33-25-23(18-34-16-19-10-4-2-5-11-19)36-29(37)24(26(25)35-17-20-12-6-3-7-13-20)30-27(31)21-14-8-9-15-22(21)28(30)32/h2-15,23-26,29,37H,16-18H2,1H3/t23-,24+,25-,26-,29+/m1/s1. The number of amides is 2. The number of rotatable bonds is 9. The van der Waals surface area contributed by atoms with Crippen molar-refractivity contribution in [2.45, 2.75) is 43.0 Å². The first-order chi connectivity index (χ1) is 18.1. The number of carbonyl (C=O) groups is 2. The first kappa shape index (κ1) is 25.6. The molecule has 0 unspecified atom stereocenters. The van der Waals surface area contributed by atoms with Gasteiger partial charge in [0.2, 0.25) is 0 Å². The van der Waals surface area contributed by atoms with Crippen molar-refractivity contribution in [3.63, 3.8) is 0 Å². The third-order valence-electron chi connectivity index (χ3n) is 6.71. The second-order valence-electron chi connectivity index (χ2n) is 9.04. The molecule has 0 aliphatic carbocycles. The molecule has 7 nitrogen and oxygen atoms in total. The molecule has 0 aromatic heterocycles. The van der Waals surface area contributed by atoms with Crippen molar-refractivity contribution in [2.24, 2.45) is 0 Å². The number of methoxy groups -OCH3 is 1. The molecule has 2 aliphatic rings. The summed E-state index contributed by atoms with van der Waals surface area (Å²) in [5.74, 6) is -0.787. The first-order valence-corrected chi connectivity index (χ1v) is 12.7. The van der Waals surface area contributed by atoms with Gasteiger partial charge in [-0.15, -0.1) is 12.6 Å². The van der Waals surface area contributed by atoms with E-state index >= 15 is 0 Å². The van der Waals surface area contributed by atoms with E-state index in [0.717, 1.165) is 11.1 Å². The van der Waals surface area contributed by atoms with Gasteiger partial charge in [0.15, 0.2) is 0 Å². The summed E-state index contributed by atoms with van der Waals surface area (Å²) in [6, 6.07) is 25.5. The van der Waals surface area contributed by atoms with Crippen LogP contribution in [0.4, 0.5) is 0 Å². The van der Waals surface area contributed by atoms with Crippen LogP contribution >= 0.6 is 12.6 Å². The molecule has 2 heterocycles. The number of benzene rings is 3. The van der Waals surface area contributed by atoms with Gasteiger partial charge in [-0.2, -0.15) is 0 Å². The molecule has 37 heavy (non-hydrogen) atoms. The Morgan fingerprint density at radius 2 is 1.32 bits per heavy atom. The molecule has 3 aromatic rings. The van der Waals surface area contributed by atoms with E-state index in [9.17, 15) is 9.59 Å². The van der Waals surface area contributed by atoms with Gasteiger partial charge in [0, 0.05) is 7.11 Å². The van der Waals surface area contributed by atoms with Crippen LogP contribution in [0.2, 0.25) is 0 Å². The van der Waals surface area contributed by atoms with Gasteiger partial charge in [-0.1, -0.05) is 72.8 Å². The third kappa shape index (κ3) is 5.35. The van der Waals surface area contributed by atoms with Crippen molar-refractivity contribution in [1.29, 1.82) is 0 Å².